The molecule has 0 aromatic carbocycles. The zero-order chi connectivity index (χ0) is 13.7. The van der Waals surface area contributed by atoms with Crippen molar-refractivity contribution in [3.05, 3.63) is 74.4 Å². The van der Waals surface area contributed by atoms with Gasteiger partial charge in [0.15, 0.2) is 0 Å². The maximum atomic E-state index is 4.27. The summed E-state index contributed by atoms with van der Waals surface area (Å²) in [6.07, 6.45) is 8.58. The Bertz CT molecular complexity index is 314. The lowest BCUT2D eigenvalue weighted by molar-refractivity contribution is 0.461. The van der Waals surface area contributed by atoms with Gasteiger partial charge in [-0.3, -0.25) is 0 Å². The number of hydrogen-bond donors (Lipinski definition) is 0. The van der Waals surface area contributed by atoms with Crippen LogP contribution in [0.5, 0.6) is 0 Å². The minimum absolute atomic E-state index is 0.322. The Balaban J connectivity index is 3.08. The summed E-state index contributed by atoms with van der Waals surface area (Å²) in [5.74, 6) is 0.966. The van der Waals surface area contributed by atoms with Gasteiger partial charge < -0.3 is 0 Å². The molecule has 1 aliphatic carbocycles. The van der Waals surface area contributed by atoms with Gasteiger partial charge in [0, 0.05) is 17.8 Å². The second kappa shape index (κ2) is 6.39. The second-order valence-corrected chi connectivity index (χ2v) is 4.96. The smallest absolute Gasteiger partial charge is 0.00482 e. The molecule has 0 aromatic heterocycles. The van der Waals surface area contributed by atoms with Crippen LogP contribution in [0, 0.1) is 17.8 Å². The van der Waals surface area contributed by atoms with E-state index in [0.29, 0.717) is 17.8 Å². The highest BCUT2D eigenvalue weighted by molar-refractivity contribution is 5.39. The number of allylic oxidation sites excluding steroid dienone is 6. The van der Waals surface area contributed by atoms with Crippen molar-refractivity contribution in [1.82, 2.24) is 0 Å². The molecule has 0 aliphatic heterocycles. The molecule has 0 nitrogen and oxygen atoms in total. The molecule has 0 amide bonds. The highest BCUT2D eigenvalue weighted by Gasteiger charge is 2.35. The third-order valence-electron chi connectivity index (χ3n) is 3.89. The Morgan fingerprint density at radius 2 is 0.833 bits per heavy atom. The van der Waals surface area contributed by atoms with E-state index >= 15 is 0 Å². The standard InChI is InChI=1S/C18H24/c1-7-10-16-13(4)17(11-8-2)15(6)18(12-9-3)14(16)5/h7-9,16-18H,1-6,10-12H2. The van der Waals surface area contributed by atoms with Crippen LogP contribution >= 0.6 is 0 Å². The first-order valence-corrected chi connectivity index (χ1v) is 6.47. The predicted molar refractivity (Wildman–Crippen MR) is 82.3 cm³/mol. The van der Waals surface area contributed by atoms with Gasteiger partial charge in [0.1, 0.15) is 0 Å². The molecule has 0 atom stereocenters. The monoisotopic (exact) mass is 240 g/mol. The summed E-state index contributed by atoms with van der Waals surface area (Å²) >= 11 is 0. The zero-order valence-electron chi connectivity index (χ0n) is 11.3. The maximum absolute atomic E-state index is 4.27. The minimum atomic E-state index is 0.322. The first kappa shape index (κ1) is 14.5. The van der Waals surface area contributed by atoms with Gasteiger partial charge in [-0.1, -0.05) is 54.7 Å². The van der Waals surface area contributed by atoms with E-state index < -0.39 is 0 Å². The molecule has 0 heteroatoms. The summed E-state index contributed by atoms with van der Waals surface area (Å²) in [6.45, 7) is 24.3. The van der Waals surface area contributed by atoms with Crippen LogP contribution in [0.2, 0.25) is 0 Å². The highest BCUT2D eigenvalue weighted by atomic mass is 14.4. The quantitative estimate of drug-likeness (QED) is 0.556. The SMILES string of the molecule is C=CCC1C(=C)C(CC=C)C(=C)C(CC=C)C1=C. The van der Waals surface area contributed by atoms with Crippen LogP contribution in [0.25, 0.3) is 0 Å². The van der Waals surface area contributed by atoms with Crippen molar-refractivity contribution in [3.63, 3.8) is 0 Å². The van der Waals surface area contributed by atoms with E-state index in [2.05, 4.69) is 39.5 Å². The van der Waals surface area contributed by atoms with Gasteiger partial charge in [-0.25, -0.2) is 0 Å². The van der Waals surface area contributed by atoms with Crippen molar-refractivity contribution in [3.8, 4) is 0 Å². The second-order valence-electron chi connectivity index (χ2n) is 4.96. The summed E-state index contributed by atoms with van der Waals surface area (Å²) in [5.41, 5.74) is 3.64. The molecule has 0 radical (unpaired) electrons. The minimum Gasteiger partial charge on any atom is -0.103 e. The van der Waals surface area contributed by atoms with Gasteiger partial charge in [-0.2, -0.15) is 0 Å². The van der Waals surface area contributed by atoms with Crippen LogP contribution < -0.4 is 0 Å². The number of hydrogen-bond acceptors (Lipinski definition) is 0. The highest BCUT2D eigenvalue weighted by Crippen LogP contribution is 2.47. The van der Waals surface area contributed by atoms with Crippen LogP contribution in [-0.2, 0) is 0 Å². The molecule has 0 heterocycles. The molecular formula is C18H24. The Hall–Kier alpha value is -1.56. The topological polar surface area (TPSA) is 0 Å². The van der Waals surface area contributed by atoms with E-state index in [1.807, 2.05) is 18.2 Å². The zero-order valence-corrected chi connectivity index (χ0v) is 11.3. The normalized spacial score (nSPS) is 28.0. The third-order valence-corrected chi connectivity index (χ3v) is 3.89. The molecule has 18 heavy (non-hydrogen) atoms. The van der Waals surface area contributed by atoms with Crippen LogP contribution in [0.15, 0.2) is 74.4 Å². The van der Waals surface area contributed by atoms with E-state index in [4.69, 9.17) is 0 Å². The average molecular weight is 240 g/mol. The van der Waals surface area contributed by atoms with Gasteiger partial charge in [-0.15, -0.1) is 19.7 Å². The molecule has 1 aliphatic rings. The lowest BCUT2D eigenvalue weighted by atomic mass is 9.64. The molecule has 0 N–H and O–H groups in total. The van der Waals surface area contributed by atoms with E-state index in [0.717, 1.165) is 19.3 Å². The van der Waals surface area contributed by atoms with E-state index in [1.54, 1.807) is 0 Å². The van der Waals surface area contributed by atoms with Crippen molar-refractivity contribution in [2.75, 3.05) is 0 Å². The van der Waals surface area contributed by atoms with Gasteiger partial charge >= 0.3 is 0 Å². The summed E-state index contributed by atoms with van der Waals surface area (Å²) in [6, 6.07) is 0. The lowest BCUT2D eigenvalue weighted by Gasteiger charge is -2.40. The van der Waals surface area contributed by atoms with Crippen molar-refractivity contribution >= 4 is 0 Å². The van der Waals surface area contributed by atoms with Crippen molar-refractivity contribution in [2.45, 2.75) is 19.3 Å². The van der Waals surface area contributed by atoms with Gasteiger partial charge in [-0.05, 0) is 19.3 Å². The largest absolute Gasteiger partial charge is 0.103 e. The van der Waals surface area contributed by atoms with E-state index in [9.17, 15) is 0 Å². The fraction of sp³-hybridized carbons (Fsp3) is 0.333. The van der Waals surface area contributed by atoms with Gasteiger partial charge in [0.2, 0.25) is 0 Å². The molecule has 0 saturated heterocycles. The van der Waals surface area contributed by atoms with Crippen molar-refractivity contribution < 1.29 is 0 Å². The first-order valence-electron chi connectivity index (χ1n) is 6.47. The Morgan fingerprint density at radius 3 is 1.00 bits per heavy atom. The summed E-state index contributed by atoms with van der Waals surface area (Å²) < 4.78 is 0. The van der Waals surface area contributed by atoms with Crippen molar-refractivity contribution in [2.24, 2.45) is 17.8 Å². The van der Waals surface area contributed by atoms with Crippen LogP contribution in [0.1, 0.15) is 19.3 Å². The van der Waals surface area contributed by atoms with Gasteiger partial charge in [0.25, 0.3) is 0 Å². The third kappa shape index (κ3) is 2.64. The van der Waals surface area contributed by atoms with Gasteiger partial charge in [0.05, 0.1) is 0 Å². The Morgan fingerprint density at radius 1 is 0.611 bits per heavy atom. The lowest BCUT2D eigenvalue weighted by Crippen LogP contribution is -2.29. The summed E-state index contributed by atoms with van der Waals surface area (Å²) in [5, 5.41) is 0. The first-order chi connectivity index (χ1) is 8.58. The average Bonchev–Trinajstić information content (AvgIpc) is 2.35. The fourth-order valence-corrected chi connectivity index (χ4v) is 2.85. The number of rotatable bonds is 6. The predicted octanol–water partition coefficient (Wildman–Crippen LogP) is 5.25. The van der Waals surface area contributed by atoms with Crippen molar-refractivity contribution in [1.29, 1.82) is 0 Å². The van der Waals surface area contributed by atoms with Crippen LogP contribution in [0.4, 0.5) is 0 Å². The van der Waals surface area contributed by atoms with E-state index in [-0.39, 0.29) is 0 Å². The van der Waals surface area contributed by atoms with Crippen LogP contribution in [-0.4, -0.2) is 0 Å². The molecule has 1 fully saturated rings. The van der Waals surface area contributed by atoms with E-state index in [1.165, 1.54) is 16.7 Å². The summed E-state index contributed by atoms with van der Waals surface area (Å²) in [7, 11) is 0. The molecule has 96 valence electrons. The molecule has 0 aromatic rings. The Labute approximate surface area is 112 Å². The molecule has 0 spiro atoms. The maximum Gasteiger partial charge on any atom is 0.00482 e. The molecule has 1 saturated carbocycles. The van der Waals surface area contributed by atoms with Crippen LogP contribution in [0.3, 0.4) is 0 Å². The molecular weight excluding hydrogens is 216 g/mol. The molecule has 1 rings (SSSR count). The Kier molecular flexibility index (Phi) is 5.15. The molecule has 0 bridgehead atoms. The molecule has 0 unspecified atom stereocenters. The fourth-order valence-electron chi connectivity index (χ4n) is 2.85. The summed E-state index contributed by atoms with van der Waals surface area (Å²) in [4.78, 5) is 0.